The Labute approximate surface area is 197 Å². The third kappa shape index (κ3) is 5.69. The molecule has 0 atom stereocenters. The van der Waals surface area contributed by atoms with Crippen molar-refractivity contribution < 1.29 is 26.8 Å². The van der Waals surface area contributed by atoms with Gasteiger partial charge in [0.1, 0.15) is 23.9 Å². The number of hydrogen-bond donors (Lipinski definition) is 2. The zero-order valence-electron chi connectivity index (χ0n) is 16.6. The van der Waals surface area contributed by atoms with Gasteiger partial charge in [-0.2, -0.15) is 0 Å². The van der Waals surface area contributed by atoms with Gasteiger partial charge in [-0.05, 0) is 54.6 Å². The van der Waals surface area contributed by atoms with Crippen molar-refractivity contribution in [2.75, 3.05) is 10.0 Å². The van der Waals surface area contributed by atoms with Crippen LogP contribution >= 0.6 is 22.9 Å². The number of amides is 1. The molecule has 0 bridgehead atoms. The summed E-state index contributed by atoms with van der Waals surface area (Å²) < 4.78 is 51.2. The van der Waals surface area contributed by atoms with Gasteiger partial charge in [-0.1, -0.05) is 11.6 Å². The first-order valence-corrected chi connectivity index (χ1v) is 12.0. The lowest BCUT2D eigenvalue weighted by Crippen LogP contribution is -2.13. The lowest BCUT2D eigenvalue weighted by Gasteiger charge is -2.07. The molecule has 0 unspecified atom stereocenters. The molecule has 2 heterocycles. The zero-order valence-corrected chi connectivity index (χ0v) is 19.0. The Balaban J connectivity index is 1.36. The molecule has 33 heavy (non-hydrogen) atoms. The van der Waals surface area contributed by atoms with Crippen LogP contribution in [0.2, 0.25) is 5.02 Å². The lowest BCUT2D eigenvalue weighted by atomic mass is 10.3. The topological polar surface area (TPSA) is 111 Å². The van der Waals surface area contributed by atoms with Gasteiger partial charge in [0.25, 0.3) is 15.9 Å². The first-order chi connectivity index (χ1) is 15.8. The van der Waals surface area contributed by atoms with Crippen LogP contribution in [0.25, 0.3) is 0 Å². The summed E-state index contributed by atoms with van der Waals surface area (Å²) in [7, 11) is -3.79. The Bertz CT molecular complexity index is 1370. The van der Waals surface area contributed by atoms with Gasteiger partial charge in [0.15, 0.2) is 10.9 Å². The van der Waals surface area contributed by atoms with Crippen LogP contribution in [0.4, 0.5) is 15.2 Å². The number of nitrogens with one attached hydrogen (secondary N) is 2. The van der Waals surface area contributed by atoms with Crippen molar-refractivity contribution >= 4 is 49.7 Å². The molecule has 8 nitrogen and oxygen atoms in total. The summed E-state index contributed by atoms with van der Waals surface area (Å²) in [6.07, 6.45) is 1.49. The number of carbonyl (C=O) groups excluding carboxylic acids is 1. The number of furan rings is 1. The minimum absolute atomic E-state index is 0.0166. The molecule has 1 amide bonds. The lowest BCUT2D eigenvalue weighted by molar-refractivity contribution is 0.0992. The number of aromatic nitrogens is 1. The van der Waals surface area contributed by atoms with Gasteiger partial charge >= 0.3 is 0 Å². The van der Waals surface area contributed by atoms with Crippen molar-refractivity contribution in [3.8, 4) is 5.75 Å². The normalized spacial score (nSPS) is 11.2. The minimum atomic E-state index is -3.79. The van der Waals surface area contributed by atoms with Crippen LogP contribution in [0.3, 0.4) is 0 Å². The standard InChI is InChI=1S/C21H15ClFN3O5S2/c22-17-11-13(23)1-7-18(17)30-12-15-4-8-19(31-15)20(27)25-14-2-5-16(6-3-14)33(28,29)26-21-24-9-10-32-21/h1-11H,12H2,(H,24,26)(H,25,27). The van der Waals surface area contributed by atoms with Gasteiger partial charge in [-0.25, -0.2) is 17.8 Å². The van der Waals surface area contributed by atoms with E-state index in [1.807, 2.05) is 0 Å². The van der Waals surface area contributed by atoms with Crippen LogP contribution in [0, 0.1) is 5.82 Å². The van der Waals surface area contributed by atoms with E-state index in [1.165, 1.54) is 48.7 Å². The summed E-state index contributed by atoms with van der Waals surface area (Å²) in [5, 5.41) is 4.65. The van der Waals surface area contributed by atoms with E-state index in [1.54, 1.807) is 11.4 Å². The van der Waals surface area contributed by atoms with Crippen LogP contribution in [0.15, 0.2) is 75.5 Å². The van der Waals surface area contributed by atoms with E-state index in [0.717, 1.165) is 17.4 Å². The van der Waals surface area contributed by atoms with Gasteiger partial charge < -0.3 is 14.5 Å². The molecule has 12 heteroatoms. The van der Waals surface area contributed by atoms with Gasteiger partial charge in [-0.15, -0.1) is 11.3 Å². The molecule has 0 fully saturated rings. The Morgan fingerprint density at radius 1 is 1.15 bits per heavy atom. The highest BCUT2D eigenvalue weighted by Crippen LogP contribution is 2.26. The minimum Gasteiger partial charge on any atom is -0.484 e. The van der Waals surface area contributed by atoms with E-state index in [9.17, 15) is 17.6 Å². The third-order valence-corrected chi connectivity index (χ3v) is 6.69. The van der Waals surface area contributed by atoms with Crippen LogP contribution in [-0.2, 0) is 16.6 Å². The summed E-state index contributed by atoms with van der Waals surface area (Å²) in [4.78, 5) is 16.3. The number of thiazole rings is 1. The van der Waals surface area contributed by atoms with E-state index in [0.29, 0.717) is 11.4 Å². The molecule has 2 aromatic heterocycles. The second-order valence-electron chi connectivity index (χ2n) is 6.55. The Morgan fingerprint density at radius 2 is 1.94 bits per heavy atom. The smallest absolute Gasteiger partial charge is 0.291 e. The maximum absolute atomic E-state index is 13.1. The van der Waals surface area contributed by atoms with Crippen molar-refractivity contribution in [1.29, 1.82) is 0 Å². The van der Waals surface area contributed by atoms with Gasteiger partial charge in [0, 0.05) is 17.3 Å². The van der Waals surface area contributed by atoms with Crippen molar-refractivity contribution in [1.82, 2.24) is 4.98 Å². The second-order valence-corrected chi connectivity index (χ2v) is 9.53. The Morgan fingerprint density at radius 3 is 2.64 bits per heavy atom. The summed E-state index contributed by atoms with van der Waals surface area (Å²) in [6, 6.07) is 12.4. The van der Waals surface area contributed by atoms with Crippen molar-refractivity contribution in [3.63, 3.8) is 0 Å². The number of halogens is 2. The molecule has 4 rings (SSSR count). The number of nitrogens with zero attached hydrogens (tertiary/aromatic N) is 1. The van der Waals surface area contributed by atoms with Gasteiger partial charge in [-0.3, -0.25) is 9.52 Å². The highest BCUT2D eigenvalue weighted by molar-refractivity contribution is 7.93. The van der Waals surface area contributed by atoms with Crippen molar-refractivity contribution in [2.24, 2.45) is 0 Å². The maximum atomic E-state index is 13.1. The second kappa shape index (κ2) is 9.61. The van der Waals surface area contributed by atoms with E-state index in [2.05, 4.69) is 15.0 Å². The largest absolute Gasteiger partial charge is 0.484 e. The maximum Gasteiger partial charge on any atom is 0.291 e. The molecule has 2 N–H and O–H groups in total. The average Bonchev–Trinajstić information content (AvgIpc) is 3.45. The van der Waals surface area contributed by atoms with E-state index >= 15 is 0 Å². The average molecular weight is 508 g/mol. The first-order valence-electron chi connectivity index (χ1n) is 9.30. The zero-order chi connectivity index (χ0) is 23.4. The van der Waals surface area contributed by atoms with Crippen LogP contribution in [0.1, 0.15) is 16.3 Å². The van der Waals surface area contributed by atoms with Crippen molar-refractivity contribution in [2.45, 2.75) is 11.5 Å². The van der Waals surface area contributed by atoms with Gasteiger partial charge in [0.2, 0.25) is 0 Å². The highest BCUT2D eigenvalue weighted by atomic mass is 35.5. The fraction of sp³-hybridized carbons (Fsp3) is 0.0476. The molecule has 170 valence electrons. The molecule has 2 aromatic carbocycles. The van der Waals surface area contributed by atoms with E-state index in [-0.39, 0.29) is 33.2 Å². The van der Waals surface area contributed by atoms with E-state index in [4.69, 9.17) is 20.8 Å². The fourth-order valence-electron chi connectivity index (χ4n) is 2.68. The SMILES string of the molecule is O=C(Nc1ccc(S(=O)(=O)Nc2nccs2)cc1)c1ccc(COc2ccc(F)cc2Cl)o1. The quantitative estimate of drug-likeness (QED) is 0.341. The molecule has 0 spiro atoms. The molecular weight excluding hydrogens is 493 g/mol. The molecule has 4 aromatic rings. The number of sulfonamides is 1. The van der Waals surface area contributed by atoms with Gasteiger partial charge in [0.05, 0.1) is 9.92 Å². The molecule has 0 saturated carbocycles. The third-order valence-electron chi connectivity index (χ3n) is 4.23. The number of hydrogen-bond acceptors (Lipinski definition) is 7. The van der Waals surface area contributed by atoms with Crippen LogP contribution < -0.4 is 14.8 Å². The molecule has 0 saturated heterocycles. The molecule has 0 aliphatic rings. The fourth-order valence-corrected chi connectivity index (χ4v) is 4.69. The summed E-state index contributed by atoms with van der Waals surface area (Å²) in [6.45, 7) is -0.0166. The van der Waals surface area contributed by atoms with Crippen LogP contribution in [0.5, 0.6) is 5.75 Å². The molecule has 0 aliphatic carbocycles. The Kier molecular flexibility index (Phi) is 6.63. The summed E-state index contributed by atoms with van der Waals surface area (Å²) in [5.41, 5.74) is 0.375. The monoisotopic (exact) mass is 507 g/mol. The number of carbonyl (C=O) groups is 1. The Hall–Kier alpha value is -3.41. The predicted octanol–water partition coefficient (Wildman–Crippen LogP) is 5.16. The number of rotatable bonds is 8. The summed E-state index contributed by atoms with van der Waals surface area (Å²) >= 11 is 7.07. The van der Waals surface area contributed by atoms with Crippen LogP contribution in [-0.4, -0.2) is 19.3 Å². The number of benzene rings is 2. The number of anilines is 2. The van der Waals surface area contributed by atoms with E-state index < -0.39 is 21.7 Å². The number of ether oxygens (including phenoxy) is 1. The molecular formula is C21H15ClFN3O5S2. The molecule has 0 radical (unpaired) electrons. The molecule has 0 aliphatic heterocycles. The van der Waals surface area contributed by atoms with Crippen molar-refractivity contribution in [3.05, 3.63) is 88.5 Å². The highest BCUT2D eigenvalue weighted by Gasteiger charge is 2.17. The first kappa shape index (κ1) is 22.8. The predicted molar refractivity (Wildman–Crippen MR) is 122 cm³/mol. The summed E-state index contributed by atoms with van der Waals surface area (Å²) in [5.74, 6) is -0.348.